The average Bonchev–Trinajstić information content (AvgIpc) is 3.31. The Morgan fingerprint density at radius 1 is 0.917 bits per heavy atom. The van der Waals surface area contributed by atoms with Crippen LogP contribution in [0.15, 0.2) is 79.0 Å². The second-order valence-corrected chi connectivity index (χ2v) is 9.39. The minimum absolute atomic E-state index is 0.00565. The van der Waals surface area contributed by atoms with Crippen molar-refractivity contribution in [2.75, 3.05) is 31.1 Å². The number of nitrogens with one attached hydrogen (secondary N) is 1. The summed E-state index contributed by atoms with van der Waals surface area (Å²) in [5, 5.41) is 1.65. The number of aromatic amines is 1. The number of nitrogens with zero attached hydrogens (tertiary/aromatic N) is 2. The molecule has 1 fully saturated rings. The van der Waals surface area contributed by atoms with Gasteiger partial charge in [-0.3, -0.25) is 4.79 Å². The van der Waals surface area contributed by atoms with E-state index >= 15 is 0 Å². The highest BCUT2D eigenvalue weighted by atomic mass is 35.5. The molecular formula is C28H25ClF3N3O. The van der Waals surface area contributed by atoms with Crippen LogP contribution >= 0.6 is 11.6 Å². The van der Waals surface area contributed by atoms with Crippen molar-refractivity contribution in [2.24, 2.45) is 0 Å². The van der Waals surface area contributed by atoms with Crippen molar-refractivity contribution in [2.45, 2.75) is 18.5 Å². The highest BCUT2D eigenvalue weighted by Gasteiger charge is 2.32. The summed E-state index contributed by atoms with van der Waals surface area (Å²) in [6.45, 7) is 1.82. The topological polar surface area (TPSA) is 39.3 Å². The molecule has 4 aromatic rings. The van der Waals surface area contributed by atoms with Gasteiger partial charge in [-0.15, -0.1) is 0 Å². The number of aromatic nitrogens is 1. The van der Waals surface area contributed by atoms with Crippen LogP contribution in [0.1, 0.15) is 29.0 Å². The normalized spacial score (nSPS) is 15.3. The van der Waals surface area contributed by atoms with Gasteiger partial charge in [-0.05, 0) is 41.5 Å². The van der Waals surface area contributed by atoms with Gasteiger partial charge in [0.2, 0.25) is 5.91 Å². The zero-order chi connectivity index (χ0) is 25.3. The molecule has 186 valence electrons. The number of alkyl halides is 3. The number of carbonyl (C=O) groups is 1. The number of halogens is 4. The number of carbonyl (C=O) groups excluding carboxylic acids is 1. The molecule has 0 aliphatic carbocycles. The standard InChI is InChI=1S/C28H25ClF3N3O/c29-25-10-3-1-8-21(25)23(24-18-33-26-11-4-2-9-22(24)26)17-27(36)35-14-12-34(13-15-35)20-7-5-6-19(16-20)28(30,31)32/h1-11,16,18,23,33H,12-15,17H2. The quantitative estimate of drug-likeness (QED) is 0.323. The van der Waals surface area contributed by atoms with Crippen molar-refractivity contribution >= 4 is 34.1 Å². The number of rotatable bonds is 5. The fourth-order valence-corrected chi connectivity index (χ4v) is 5.19. The van der Waals surface area contributed by atoms with E-state index in [9.17, 15) is 18.0 Å². The molecule has 0 saturated carbocycles. The maximum Gasteiger partial charge on any atom is 0.416 e. The second kappa shape index (κ2) is 9.90. The number of para-hydroxylation sites is 1. The molecule has 1 saturated heterocycles. The third-order valence-electron chi connectivity index (χ3n) is 6.83. The number of anilines is 1. The summed E-state index contributed by atoms with van der Waals surface area (Å²) >= 11 is 6.57. The van der Waals surface area contributed by atoms with E-state index in [0.717, 1.165) is 28.1 Å². The summed E-state index contributed by atoms with van der Waals surface area (Å²) in [6, 6.07) is 20.9. The largest absolute Gasteiger partial charge is 0.416 e. The Balaban J connectivity index is 1.34. The molecule has 1 atom stereocenters. The Morgan fingerprint density at radius 2 is 1.64 bits per heavy atom. The molecule has 8 heteroatoms. The van der Waals surface area contributed by atoms with Crippen molar-refractivity contribution in [3.63, 3.8) is 0 Å². The fourth-order valence-electron chi connectivity index (χ4n) is 4.92. The Morgan fingerprint density at radius 3 is 2.39 bits per heavy atom. The Hall–Kier alpha value is -3.45. The first-order valence-electron chi connectivity index (χ1n) is 11.8. The monoisotopic (exact) mass is 511 g/mol. The summed E-state index contributed by atoms with van der Waals surface area (Å²) in [4.78, 5) is 20.4. The Kier molecular flexibility index (Phi) is 6.67. The molecule has 4 nitrogen and oxygen atoms in total. The van der Waals surface area contributed by atoms with Crippen molar-refractivity contribution in [1.82, 2.24) is 9.88 Å². The molecule has 0 spiro atoms. The van der Waals surface area contributed by atoms with Gasteiger partial charge in [0.05, 0.1) is 5.56 Å². The number of benzene rings is 3. The van der Waals surface area contributed by atoms with Crippen LogP contribution in [0.5, 0.6) is 0 Å². The Labute approximate surface area is 212 Å². The van der Waals surface area contributed by atoms with Gasteiger partial charge in [-0.1, -0.05) is 54.1 Å². The van der Waals surface area contributed by atoms with Crippen LogP contribution in [0.25, 0.3) is 10.9 Å². The lowest BCUT2D eigenvalue weighted by Gasteiger charge is -2.37. The maximum atomic E-state index is 13.5. The van der Waals surface area contributed by atoms with Crippen molar-refractivity contribution in [3.05, 3.63) is 101 Å². The number of H-pyrrole nitrogens is 1. The van der Waals surface area contributed by atoms with E-state index in [0.29, 0.717) is 36.9 Å². The third kappa shape index (κ3) is 4.93. The average molecular weight is 512 g/mol. The van der Waals surface area contributed by atoms with Gasteiger partial charge in [0.15, 0.2) is 0 Å². The highest BCUT2D eigenvalue weighted by molar-refractivity contribution is 6.31. The van der Waals surface area contributed by atoms with E-state index in [1.54, 1.807) is 11.0 Å². The van der Waals surface area contributed by atoms with Gasteiger partial charge >= 0.3 is 6.18 Å². The van der Waals surface area contributed by atoms with Crippen LogP contribution in [0.2, 0.25) is 5.02 Å². The zero-order valence-corrected chi connectivity index (χ0v) is 20.2. The predicted octanol–water partition coefficient (Wildman–Crippen LogP) is 6.71. The molecule has 1 amide bonds. The first kappa shape index (κ1) is 24.3. The SMILES string of the molecule is O=C(CC(c1ccccc1Cl)c1c[nH]c2ccccc12)N1CCN(c2cccc(C(F)(F)F)c2)CC1. The third-order valence-corrected chi connectivity index (χ3v) is 7.17. The molecule has 1 unspecified atom stereocenters. The maximum absolute atomic E-state index is 13.5. The summed E-state index contributed by atoms with van der Waals surface area (Å²) in [5.41, 5.74) is 2.74. The minimum Gasteiger partial charge on any atom is -0.368 e. The van der Waals surface area contributed by atoms with Crippen LogP contribution in [0, 0.1) is 0 Å². The number of amides is 1. The number of fused-ring (bicyclic) bond motifs is 1. The zero-order valence-electron chi connectivity index (χ0n) is 19.4. The first-order valence-corrected chi connectivity index (χ1v) is 12.2. The van der Waals surface area contributed by atoms with E-state index in [1.165, 1.54) is 12.1 Å². The molecule has 1 N–H and O–H groups in total. The van der Waals surface area contributed by atoms with Gasteiger partial charge in [0.25, 0.3) is 0 Å². The van der Waals surface area contributed by atoms with E-state index in [4.69, 9.17) is 11.6 Å². The molecule has 0 bridgehead atoms. The summed E-state index contributed by atoms with van der Waals surface area (Å²) in [6.07, 6.45) is -2.20. The van der Waals surface area contributed by atoms with Crippen LogP contribution in [0.4, 0.5) is 18.9 Å². The van der Waals surface area contributed by atoms with Gasteiger partial charge < -0.3 is 14.8 Å². The molecule has 1 aliphatic rings. The Bertz CT molecular complexity index is 1380. The van der Waals surface area contributed by atoms with Gasteiger partial charge in [-0.25, -0.2) is 0 Å². The fraction of sp³-hybridized carbons (Fsp3) is 0.250. The molecule has 3 aromatic carbocycles. The van der Waals surface area contributed by atoms with E-state index in [1.807, 2.05) is 59.6 Å². The highest BCUT2D eigenvalue weighted by Crippen LogP contribution is 2.37. The molecule has 1 aliphatic heterocycles. The molecular weight excluding hydrogens is 487 g/mol. The number of hydrogen-bond donors (Lipinski definition) is 1. The lowest BCUT2D eigenvalue weighted by atomic mass is 9.87. The molecule has 2 heterocycles. The van der Waals surface area contributed by atoms with E-state index in [2.05, 4.69) is 4.98 Å². The van der Waals surface area contributed by atoms with Gasteiger partial charge in [0.1, 0.15) is 0 Å². The number of hydrogen-bond acceptors (Lipinski definition) is 2. The van der Waals surface area contributed by atoms with E-state index < -0.39 is 11.7 Å². The molecule has 0 radical (unpaired) electrons. The van der Waals surface area contributed by atoms with Gasteiger partial charge in [0, 0.05) is 66.3 Å². The smallest absolute Gasteiger partial charge is 0.368 e. The van der Waals surface area contributed by atoms with Crippen LogP contribution < -0.4 is 4.90 Å². The van der Waals surface area contributed by atoms with Crippen molar-refractivity contribution < 1.29 is 18.0 Å². The predicted molar refractivity (Wildman–Crippen MR) is 136 cm³/mol. The van der Waals surface area contributed by atoms with Gasteiger partial charge in [-0.2, -0.15) is 13.2 Å². The molecule has 1 aromatic heterocycles. The lowest BCUT2D eigenvalue weighted by Crippen LogP contribution is -2.49. The summed E-state index contributed by atoms with van der Waals surface area (Å²) < 4.78 is 39.4. The van der Waals surface area contributed by atoms with Crippen molar-refractivity contribution in [1.29, 1.82) is 0 Å². The number of piperazine rings is 1. The molecule has 5 rings (SSSR count). The lowest BCUT2D eigenvalue weighted by molar-refractivity contribution is -0.137. The van der Waals surface area contributed by atoms with Crippen LogP contribution in [0.3, 0.4) is 0 Å². The second-order valence-electron chi connectivity index (χ2n) is 8.98. The van der Waals surface area contributed by atoms with E-state index in [-0.39, 0.29) is 18.2 Å². The first-order chi connectivity index (χ1) is 17.3. The van der Waals surface area contributed by atoms with Crippen LogP contribution in [-0.4, -0.2) is 42.0 Å². The van der Waals surface area contributed by atoms with Crippen LogP contribution in [-0.2, 0) is 11.0 Å². The summed E-state index contributed by atoms with van der Waals surface area (Å²) in [5.74, 6) is -0.238. The van der Waals surface area contributed by atoms with Crippen molar-refractivity contribution in [3.8, 4) is 0 Å². The molecule has 36 heavy (non-hydrogen) atoms. The minimum atomic E-state index is -4.38. The summed E-state index contributed by atoms with van der Waals surface area (Å²) in [7, 11) is 0.